The van der Waals surface area contributed by atoms with E-state index in [2.05, 4.69) is 4.72 Å². The van der Waals surface area contributed by atoms with Crippen LogP contribution in [0.3, 0.4) is 0 Å². The highest BCUT2D eigenvalue weighted by Crippen LogP contribution is 2.37. The molecule has 7 nitrogen and oxygen atoms in total. The second-order valence-electron chi connectivity index (χ2n) is 4.76. The lowest BCUT2D eigenvalue weighted by molar-refractivity contribution is -0.384. The van der Waals surface area contributed by atoms with Gasteiger partial charge in [-0.15, -0.1) is 11.3 Å². The maximum atomic E-state index is 12.3. The summed E-state index contributed by atoms with van der Waals surface area (Å²) in [6, 6.07) is 0.984. The fourth-order valence-corrected chi connectivity index (χ4v) is 5.02. The van der Waals surface area contributed by atoms with Crippen molar-refractivity contribution in [3.8, 4) is 0 Å². The minimum Gasteiger partial charge on any atom is -0.381 e. The average Bonchev–Trinajstić information content (AvgIpc) is 2.72. The van der Waals surface area contributed by atoms with E-state index >= 15 is 0 Å². The summed E-state index contributed by atoms with van der Waals surface area (Å²) in [6.45, 7) is 2.74. The summed E-state index contributed by atoms with van der Waals surface area (Å²) >= 11 is 6.37. The zero-order valence-corrected chi connectivity index (χ0v) is 13.0. The third kappa shape index (κ3) is 3.29. The van der Waals surface area contributed by atoms with Crippen LogP contribution >= 0.6 is 22.9 Å². The molecule has 1 aliphatic heterocycles. The van der Waals surface area contributed by atoms with Gasteiger partial charge >= 0.3 is 0 Å². The molecule has 2 rings (SSSR count). The lowest BCUT2D eigenvalue weighted by Gasteiger charge is -2.33. The Hall–Kier alpha value is -0.740. The van der Waals surface area contributed by atoms with Gasteiger partial charge in [-0.1, -0.05) is 11.6 Å². The van der Waals surface area contributed by atoms with E-state index in [1.807, 2.05) is 0 Å². The topological polar surface area (TPSA) is 98.5 Å². The third-order valence-corrected chi connectivity index (χ3v) is 6.53. The van der Waals surface area contributed by atoms with Crippen LogP contribution in [0.4, 0.5) is 5.69 Å². The molecule has 0 aromatic carbocycles. The lowest BCUT2D eigenvalue weighted by atomic mass is 9.94. The zero-order valence-electron chi connectivity index (χ0n) is 10.6. The Bertz CT molecular complexity index is 622. The molecule has 112 valence electrons. The molecule has 10 heteroatoms. The van der Waals surface area contributed by atoms with E-state index in [0.717, 1.165) is 6.07 Å². The van der Waals surface area contributed by atoms with Crippen molar-refractivity contribution >= 4 is 38.6 Å². The summed E-state index contributed by atoms with van der Waals surface area (Å²) in [4.78, 5) is 10.0. The van der Waals surface area contributed by atoms with Crippen LogP contribution in [0, 0.1) is 10.1 Å². The molecule has 20 heavy (non-hydrogen) atoms. The van der Waals surface area contributed by atoms with Gasteiger partial charge in [0, 0.05) is 24.8 Å². The van der Waals surface area contributed by atoms with E-state index in [0.29, 0.717) is 37.4 Å². The second-order valence-corrected chi connectivity index (χ2v) is 8.32. The Morgan fingerprint density at radius 3 is 2.60 bits per heavy atom. The smallest absolute Gasteiger partial charge is 0.300 e. The van der Waals surface area contributed by atoms with Crippen LogP contribution in [0.5, 0.6) is 0 Å². The minimum atomic E-state index is -3.83. The van der Waals surface area contributed by atoms with Gasteiger partial charge in [-0.05, 0) is 19.8 Å². The molecule has 0 unspecified atom stereocenters. The zero-order chi connectivity index (χ0) is 15.0. The summed E-state index contributed by atoms with van der Waals surface area (Å²) < 4.78 is 32.0. The van der Waals surface area contributed by atoms with Crippen molar-refractivity contribution in [1.29, 1.82) is 0 Å². The molecule has 1 aromatic rings. The Morgan fingerprint density at radius 2 is 2.10 bits per heavy atom. The molecule has 1 aliphatic rings. The molecule has 0 aliphatic carbocycles. The van der Waals surface area contributed by atoms with E-state index in [-0.39, 0.29) is 8.55 Å². The molecule has 0 saturated carbocycles. The van der Waals surface area contributed by atoms with Gasteiger partial charge in [-0.2, -0.15) is 0 Å². The Morgan fingerprint density at radius 1 is 1.50 bits per heavy atom. The molecule has 1 fully saturated rings. The summed E-state index contributed by atoms with van der Waals surface area (Å²) in [5.74, 6) is 0. The van der Waals surface area contributed by atoms with Gasteiger partial charge in [0.15, 0.2) is 4.34 Å². The van der Waals surface area contributed by atoms with E-state index in [1.165, 1.54) is 0 Å². The molecule has 0 amide bonds. The average molecular weight is 341 g/mol. The first-order valence-electron chi connectivity index (χ1n) is 5.79. The molecule has 0 radical (unpaired) electrons. The summed E-state index contributed by atoms with van der Waals surface area (Å²) in [7, 11) is -3.83. The van der Waals surface area contributed by atoms with E-state index in [1.54, 1.807) is 6.92 Å². The predicted octanol–water partition coefficient (Wildman–Crippen LogP) is 2.16. The number of nitrogens with zero attached hydrogens (tertiary/aromatic N) is 1. The third-order valence-electron chi connectivity index (χ3n) is 3.08. The number of ether oxygens (including phenoxy) is 1. The van der Waals surface area contributed by atoms with Crippen molar-refractivity contribution in [2.45, 2.75) is 29.5 Å². The normalized spacial score (nSPS) is 18.9. The predicted molar refractivity (Wildman–Crippen MR) is 74.8 cm³/mol. The maximum Gasteiger partial charge on any atom is 0.300 e. The van der Waals surface area contributed by atoms with Crippen LogP contribution in [-0.2, 0) is 14.8 Å². The number of hydrogen-bond acceptors (Lipinski definition) is 6. The highest BCUT2D eigenvalue weighted by Gasteiger charge is 2.34. The van der Waals surface area contributed by atoms with Crippen molar-refractivity contribution in [3.63, 3.8) is 0 Å². The van der Waals surface area contributed by atoms with Crippen LogP contribution in [0.25, 0.3) is 0 Å². The molecule has 1 saturated heterocycles. The van der Waals surface area contributed by atoms with E-state index < -0.39 is 26.2 Å². The van der Waals surface area contributed by atoms with Gasteiger partial charge in [0.1, 0.15) is 4.21 Å². The molecule has 0 spiro atoms. The van der Waals surface area contributed by atoms with Crippen LogP contribution in [0.1, 0.15) is 19.8 Å². The molecule has 2 heterocycles. The fourth-order valence-electron chi connectivity index (χ4n) is 1.89. The summed E-state index contributed by atoms with van der Waals surface area (Å²) in [6.07, 6.45) is 1.10. The summed E-state index contributed by atoms with van der Waals surface area (Å²) in [5.41, 5.74) is -1.00. The first-order valence-corrected chi connectivity index (χ1v) is 8.47. The van der Waals surface area contributed by atoms with E-state index in [4.69, 9.17) is 16.3 Å². The highest BCUT2D eigenvalue weighted by atomic mass is 35.5. The highest BCUT2D eigenvalue weighted by molar-refractivity contribution is 7.91. The first kappa shape index (κ1) is 15.6. The number of nitro groups is 1. The van der Waals surface area contributed by atoms with Gasteiger partial charge in [-0.3, -0.25) is 10.1 Å². The van der Waals surface area contributed by atoms with Gasteiger partial charge in [0.25, 0.3) is 15.7 Å². The Labute approximate surface area is 125 Å². The number of halogens is 1. The molecule has 1 N–H and O–H groups in total. The quantitative estimate of drug-likeness (QED) is 0.669. The number of nitrogens with one attached hydrogen (secondary N) is 1. The molecular weight excluding hydrogens is 328 g/mol. The maximum absolute atomic E-state index is 12.3. The van der Waals surface area contributed by atoms with Crippen molar-refractivity contribution in [3.05, 3.63) is 20.5 Å². The van der Waals surface area contributed by atoms with Crippen LogP contribution in [0.2, 0.25) is 4.34 Å². The largest absolute Gasteiger partial charge is 0.381 e. The van der Waals surface area contributed by atoms with Crippen LogP contribution in [0.15, 0.2) is 10.3 Å². The monoisotopic (exact) mass is 340 g/mol. The fraction of sp³-hybridized carbons (Fsp3) is 0.600. The van der Waals surface area contributed by atoms with Crippen LogP contribution in [-0.4, -0.2) is 32.1 Å². The van der Waals surface area contributed by atoms with Gasteiger partial charge in [0.2, 0.25) is 0 Å². The van der Waals surface area contributed by atoms with E-state index in [9.17, 15) is 18.5 Å². The van der Waals surface area contributed by atoms with Crippen molar-refractivity contribution in [2.75, 3.05) is 13.2 Å². The first-order chi connectivity index (χ1) is 9.23. The lowest BCUT2D eigenvalue weighted by Crippen LogP contribution is -2.49. The second kappa shape index (κ2) is 5.57. The molecule has 0 bridgehead atoms. The standard InChI is InChI=1S/C10H13ClN2O5S2/c1-10(2-4-18-5-3-10)12-20(16,17)8-6-7(13(14)15)9(11)19-8/h6,12H,2-5H2,1H3. The van der Waals surface area contributed by atoms with Gasteiger partial charge in [-0.25, -0.2) is 13.1 Å². The number of thiophene rings is 1. The van der Waals surface area contributed by atoms with Gasteiger partial charge < -0.3 is 4.74 Å². The van der Waals surface area contributed by atoms with Crippen molar-refractivity contribution in [2.24, 2.45) is 0 Å². The number of hydrogen-bond donors (Lipinski definition) is 1. The minimum absolute atomic E-state index is 0.146. The molecule has 0 atom stereocenters. The Kier molecular flexibility index (Phi) is 4.35. The van der Waals surface area contributed by atoms with Gasteiger partial charge in [0.05, 0.1) is 4.92 Å². The number of sulfonamides is 1. The number of rotatable bonds is 4. The SMILES string of the molecule is CC1(NS(=O)(=O)c2cc([N+](=O)[O-])c(Cl)s2)CCOCC1. The van der Waals surface area contributed by atoms with Crippen molar-refractivity contribution in [1.82, 2.24) is 4.72 Å². The molecular formula is C10H13ClN2O5S2. The molecule has 1 aromatic heterocycles. The van der Waals surface area contributed by atoms with Crippen LogP contribution < -0.4 is 4.72 Å². The Balaban J connectivity index is 2.26. The van der Waals surface area contributed by atoms with Crippen molar-refractivity contribution < 1.29 is 18.1 Å². The summed E-state index contributed by atoms with van der Waals surface area (Å²) in [5, 5.41) is 10.7.